The van der Waals surface area contributed by atoms with Gasteiger partial charge in [0.1, 0.15) is 0 Å². The molecule has 0 aromatic rings. The molecule has 0 saturated carbocycles. The van der Waals surface area contributed by atoms with Crippen LogP contribution in [0.25, 0.3) is 0 Å². The Hall–Kier alpha value is 0. The van der Waals surface area contributed by atoms with E-state index in [0.717, 1.165) is 65.1 Å². The van der Waals surface area contributed by atoms with Crippen molar-refractivity contribution in [1.82, 2.24) is 0 Å². The quantitative estimate of drug-likeness (QED) is 0.0576. The molecular weight excluding hydrogens is 685 g/mol. The van der Waals surface area contributed by atoms with E-state index < -0.39 is 0 Å². The molecule has 0 aliphatic carbocycles. The van der Waals surface area contributed by atoms with Gasteiger partial charge in [0, 0.05) is 0 Å². The largest absolute Gasteiger partial charge is 0.0654 e. The zero-order valence-corrected chi connectivity index (χ0v) is 42.7. The second kappa shape index (κ2) is 38.9. The monoisotopic (exact) mass is 801 g/mol. The summed E-state index contributed by atoms with van der Waals surface area (Å²) in [6.45, 7) is 32.2. The lowest BCUT2D eigenvalue weighted by Crippen LogP contribution is -2.03. The maximum atomic E-state index is 2.54. The van der Waals surface area contributed by atoms with Crippen LogP contribution in [0.1, 0.15) is 302 Å². The van der Waals surface area contributed by atoms with Crippen LogP contribution < -0.4 is 0 Å². The van der Waals surface area contributed by atoms with Crippen LogP contribution >= 0.6 is 0 Å². The SMILES string of the molecule is CCCC(C)CCCC(C)CCCC(C)CCCC(C)CCCC(C)CCCC(C)CCCC(C)CCCC(C)CCCC(C)CCCC(C)CCCC(C)CC. The molecule has 0 radical (unpaired) electrons. The van der Waals surface area contributed by atoms with Crippen molar-refractivity contribution in [2.24, 2.45) is 65.1 Å². The van der Waals surface area contributed by atoms with Crippen molar-refractivity contribution in [3.05, 3.63) is 0 Å². The van der Waals surface area contributed by atoms with E-state index >= 15 is 0 Å². The first-order valence-corrected chi connectivity index (χ1v) is 27.2. The summed E-state index contributed by atoms with van der Waals surface area (Å²) >= 11 is 0. The molecule has 0 heterocycles. The Morgan fingerprint density at radius 2 is 0.298 bits per heavy atom. The maximum Gasteiger partial charge on any atom is -0.0443 e. The van der Waals surface area contributed by atoms with E-state index in [2.05, 4.69) is 90.0 Å². The summed E-state index contributed by atoms with van der Waals surface area (Å²) in [7, 11) is 0. The van der Waals surface area contributed by atoms with Gasteiger partial charge in [-0.05, 0) is 65.1 Å². The van der Waals surface area contributed by atoms with Gasteiger partial charge in [-0.1, -0.05) is 302 Å². The predicted molar refractivity (Wildman–Crippen MR) is 265 cm³/mol. The van der Waals surface area contributed by atoms with Gasteiger partial charge in [0.05, 0.1) is 0 Å². The maximum absolute atomic E-state index is 2.54. The molecule has 344 valence electrons. The van der Waals surface area contributed by atoms with Gasteiger partial charge in [-0.25, -0.2) is 0 Å². The summed E-state index contributed by atoms with van der Waals surface area (Å²) in [5.74, 6) is 10.2. The van der Waals surface area contributed by atoms with Crippen LogP contribution in [0.5, 0.6) is 0 Å². The highest BCUT2D eigenvalue weighted by atomic mass is 14.2. The van der Waals surface area contributed by atoms with E-state index in [9.17, 15) is 0 Å². The molecule has 0 rings (SSSR count). The topological polar surface area (TPSA) is 0 Å². The van der Waals surface area contributed by atoms with Crippen LogP contribution in [-0.4, -0.2) is 0 Å². The van der Waals surface area contributed by atoms with E-state index in [-0.39, 0.29) is 0 Å². The molecule has 0 fully saturated rings. The fraction of sp³-hybridized carbons (Fsp3) is 1.00. The highest BCUT2D eigenvalue weighted by molar-refractivity contribution is 4.66. The van der Waals surface area contributed by atoms with Crippen LogP contribution in [0.4, 0.5) is 0 Å². The lowest BCUT2D eigenvalue weighted by atomic mass is 9.88. The van der Waals surface area contributed by atoms with Gasteiger partial charge in [-0.15, -0.1) is 0 Å². The Kier molecular flexibility index (Phi) is 38.9. The Labute approximate surface area is 365 Å². The smallest absolute Gasteiger partial charge is 0.0443 e. The zero-order chi connectivity index (χ0) is 42.7. The first-order chi connectivity index (χ1) is 27.2. The predicted octanol–water partition coefficient (Wildman–Crippen LogP) is 20.9. The van der Waals surface area contributed by atoms with Crippen molar-refractivity contribution in [2.75, 3.05) is 0 Å². The standard InChI is InChI=1S/C57H116/c1-14-26-48(4)28-17-30-50(6)32-19-34-52(8)36-21-38-54(10)40-23-42-56(12)44-25-46-57(13)45-24-43-55(11)41-22-39-53(9)37-20-35-51(7)33-18-31-49(5)29-16-27-47(3)15-2/h47-57H,14-46H2,1-13H3. The van der Waals surface area contributed by atoms with Crippen molar-refractivity contribution < 1.29 is 0 Å². The lowest BCUT2D eigenvalue weighted by Gasteiger charge is -2.18. The van der Waals surface area contributed by atoms with E-state index in [0.29, 0.717) is 0 Å². The Morgan fingerprint density at radius 3 is 0.421 bits per heavy atom. The highest BCUT2D eigenvalue weighted by Crippen LogP contribution is 2.28. The Bertz CT molecular complexity index is 798. The van der Waals surface area contributed by atoms with Gasteiger partial charge in [-0.3, -0.25) is 0 Å². The van der Waals surface area contributed by atoms with Crippen LogP contribution in [0.2, 0.25) is 0 Å². The molecule has 11 unspecified atom stereocenters. The minimum absolute atomic E-state index is 0.921. The average molecular weight is 802 g/mol. The van der Waals surface area contributed by atoms with E-state index in [4.69, 9.17) is 0 Å². The van der Waals surface area contributed by atoms with Crippen LogP contribution in [0.15, 0.2) is 0 Å². The third-order valence-corrected chi connectivity index (χ3v) is 15.4. The van der Waals surface area contributed by atoms with Gasteiger partial charge >= 0.3 is 0 Å². The lowest BCUT2D eigenvalue weighted by molar-refractivity contribution is 0.351. The van der Waals surface area contributed by atoms with Crippen LogP contribution in [0, 0.1) is 65.1 Å². The second-order valence-electron chi connectivity index (χ2n) is 22.7. The van der Waals surface area contributed by atoms with Crippen molar-refractivity contribution in [1.29, 1.82) is 0 Å². The first kappa shape index (κ1) is 57.0. The summed E-state index contributed by atoms with van der Waals surface area (Å²) in [5, 5.41) is 0. The molecular formula is C57H116. The third-order valence-electron chi connectivity index (χ3n) is 15.4. The molecule has 0 aromatic heterocycles. The highest BCUT2D eigenvalue weighted by Gasteiger charge is 2.13. The average Bonchev–Trinajstić information content (AvgIpc) is 3.14. The summed E-state index contributed by atoms with van der Waals surface area (Å²) in [4.78, 5) is 0. The molecule has 0 N–H and O–H groups in total. The molecule has 0 aromatic carbocycles. The van der Waals surface area contributed by atoms with Gasteiger partial charge < -0.3 is 0 Å². The molecule has 0 aliphatic rings. The van der Waals surface area contributed by atoms with E-state index in [1.54, 1.807) is 0 Å². The van der Waals surface area contributed by atoms with Crippen LogP contribution in [0.3, 0.4) is 0 Å². The fourth-order valence-electron chi connectivity index (χ4n) is 10.3. The molecule has 0 amide bonds. The molecule has 11 atom stereocenters. The summed E-state index contributed by atoms with van der Waals surface area (Å²) in [6.07, 6.45) is 47.7. The third kappa shape index (κ3) is 38.6. The molecule has 0 aliphatic heterocycles. The Morgan fingerprint density at radius 1 is 0.175 bits per heavy atom. The van der Waals surface area contributed by atoms with Gasteiger partial charge in [-0.2, -0.15) is 0 Å². The molecule has 0 bridgehead atoms. The summed E-state index contributed by atoms with van der Waals surface area (Å²) in [5.41, 5.74) is 0. The van der Waals surface area contributed by atoms with E-state index in [1.165, 1.54) is 212 Å². The first-order valence-electron chi connectivity index (χ1n) is 27.2. The molecule has 0 spiro atoms. The summed E-state index contributed by atoms with van der Waals surface area (Å²) in [6, 6.07) is 0. The van der Waals surface area contributed by atoms with Crippen molar-refractivity contribution >= 4 is 0 Å². The number of hydrogen-bond acceptors (Lipinski definition) is 0. The second-order valence-corrected chi connectivity index (χ2v) is 22.7. The van der Waals surface area contributed by atoms with Crippen molar-refractivity contribution in [3.63, 3.8) is 0 Å². The van der Waals surface area contributed by atoms with Crippen LogP contribution in [-0.2, 0) is 0 Å². The van der Waals surface area contributed by atoms with E-state index in [1.807, 2.05) is 0 Å². The minimum atomic E-state index is 0.921. The molecule has 0 saturated heterocycles. The number of rotatable bonds is 43. The minimum Gasteiger partial charge on any atom is -0.0654 e. The van der Waals surface area contributed by atoms with Crippen molar-refractivity contribution in [3.8, 4) is 0 Å². The normalized spacial score (nSPS) is 18.1. The molecule has 0 nitrogen and oxygen atoms in total. The van der Waals surface area contributed by atoms with Gasteiger partial charge in [0.25, 0.3) is 0 Å². The Balaban J connectivity index is 3.74. The fourth-order valence-corrected chi connectivity index (χ4v) is 10.3. The van der Waals surface area contributed by atoms with Gasteiger partial charge in [0.2, 0.25) is 0 Å². The number of hydrogen-bond donors (Lipinski definition) is 0. The van der Waals surface area contributed by atoms with Crippen molar-refractivity contribution in [2.45, 2.75) is 302 Å². The summed E-state index contributed by atoms with van der Waals surface area (Å²) < 4.78 is 0. The van der Waals surface area contributed by atoms with Gasteiger partial charge in [0.15, 0.2) is 0 Å². The molecule has 0 heteroatoms. The molecule has 57 heavy (non-hydrogen) atoms. The zero-order valence-electron chi connectivity index (χ0n) is 42.7.